The number of hydrogen-bond acceptors (Lipinski definition) is 6. The number of methoxy groups -OCH3 is 2. The van der Waals surface area contributed by atoms with E-state index >= 15 is 0 Å². The number of aromatic nitrogens is 1. The lowest BCUT2D eigenvalue weighted by atomic mass is 10.3. The van der Waals surface area contributed by atoms with Gasteiger partial charge in [-0.1, -0.05) is 0 Å². The number of anilines is 2. The predicted octanol–water partition coefficient (Wildman–Crippen LogP) is 0.441. The van der Waals surface area contributed by atoms with Gasteiger partial charge in [-0.2, -0.15) is 0 Å². The van der Waals surface area contributed by atoms with Crippen LogP contribution in [-0.4, -0.2) is 38.5 Å². The molecule has 6 nitrogen and oxygen atoms in total. The minimum Gasteiger partial charge on any atom is -0.382 e. The van der Waals surface area contributed by atoms with E-state index < -0.39 is 0 Å². The summed E-state index contributed by atoms with van der Waals surface area (Å²) in [6.45, 7) is 1.22. The molecule has 0 aromatic carbocycles. The van der Waals surface area contributed by atoms with Gasteiger partial charge in [0.15, 0.2) is 0 Å². The molecule has 0 fully saturated rings. The first kappa shape index (κ1) is 12.7. The summed E-state index contributed by atoms with van der Waals surface area (Å²) < 4.78 is 10.2. The molecule has 0 amide bonds. The van der Waals surface area contributed by atoms with Gasteiger partial charge in [0.2, 0.25) is 0 Å². The fourth-order valence-corrected chi connectivity index (χ4v) is 1.25. The van der Waals surface area contributed by atoms with E-state index in [-0.39, 0.29) is 6.10 Å². The standard InChI is InChI=1S/C10H18N4O2/c1-15-7-9(16-2)6-13-8-3-4-12-10(5-8)14-11/h3-5,9H,6-7,11H2,1-2H3,(H2,12,13,14). The van der Waals surface area contributed by atoms with E-state index in [0.717, 1.165) is 5.69 Å². The van der Waals surface area contributed by atoms with E-state index in [0.29, 0.717) is 19.0 Å². The van der Waals surface area contributed by atoms with Gasteiger partial charge in [-0.25, -0.2) is 10.8 Å². The maximum Gasteiger partial charge on any atom is 0.141 e. The third-order valence-corrected chi connectivity index (χ3v) is 2.13. The quantitative estimate of drug-likeness (QED) is 0.462. The first-order chi connectivity index (χ1) is 7.80. The molecule has 16 heavy (non-hydrogen) atoms. The van der Waals surface area contributed by atoms with Crippen LogP contribution in [0.4, 0.5) is 11.5 Å². The van der Waals surface area contributed by atoms with Gasteiger partial charge >= 0.3 is 0 Å². The van der Waals surface area contributed by atoms with Crippen molar-refractivity contribution in [3.05, 3.63) is 18.3 Å². The lowest BCUT2D eigenvalue weighted by molar-refractivity contribution is 0.0365. The van der Waals surface area contributed by atoms with Crippen molar-refractivity contribution in [2.75, 3.05) is 38.1 Å². The van der Waals surface area contributed by atoms with Crippen molar-refractivity contribution in [3.63, 3.8) is 0 Å². The highest BCUT2D eigenvalue weighted by Crippen LogP contribution is 2.10. The number of nitrogens with one attached hydrogen (secondary N) is 2. The number of nitrogens with zero attached hydrogens (tertiary/aromatic N) is 1. The van der Waals surface area contributed by atoms with E-state index in [4.69, 9.17) is 15.3 Å². The molecule has 0 aliphatic rings. The number of rotatable bonds is 7. The van der Waals surface area contributed by atoms with E-state index in [1.54, 1.807) is 20.4 Å². The van der Waals surface area contributed by atoms with Crippen LogP contribution in [0.1, 0.15) is 0 Å². The Balaban J connectivity index is 2.46. The van der Waals surface area contributed by atoms with Gasteiger partial charge in [-0.3, -0.25) is 0 Å². The van der Waals surface area contributed by atoms with E-state index in [2.05, 4.69) is 15.7 Å². The minimum absolute atomic E-state index is 0.0208. The molecule has 4 N–H and O–H groups in total. The third kappa shape index (κ3) is 4.01. The van der Waals surface area contributed by atoms with Gasteiger partial charge in [0.05, 0.1) is 12.7 Å². The Morgan fingerprint density at radius 1 is 1.50 bits per heavy atom. The molecule has 1 unspecified atom stereocenters. The lowest BCUT2D eigenvalue weighted by Gasteiger charge is -2.15. The molecule has 0 bridgehead atoms. The van der Waals surface area contributed by atoms with Crippen LogP contribution in [0.2, 0.25) is 0 Å². The number of hydrogen-bond donors (Lipinski definition) is 3. The first-order valence-corrected chi connectivity index (χ1v) is 4.98. The minimum atomic E-state index is 0.0208. The summed E-state index contributed by atoms with van der Waals surface area (Å²) in [5, 5.41) is 3.21. The SMILES string of the molecule is COCC(CNc1ccnc(NN)c1)OC. The van der Waals surface area contributed by atoms with Crippen molar-refractivity contribution in [2.45, 2.75) is 6.10 Å². The highest BCUT2D eigenvalue weighted by atomic mass is 16.5. The van der Waals surface area contributed by atoms with Gasteiger partial charge < -0.3 is 20.2 Å². The van der Waals surface area contributed by atoms with Crippen LogP contribution in [0.15, 0.2) is 18.3 Å². The van der Waals surface area contributed by atoms with E-state index in [1.807, 2.05) is 12.1 Å². The molecule has 0 spiro atoms. The van der Waals surface area contributed by atoms with E-state index in [1.165, 1.54) is 0 Å². The molecule has 1 rings (SSSR count). The molecular weight excluding hydrogens is 208 g/mol. The molecule has 0 aliphatic carbocycles. The Kier molecular flexibility index (Phi) is 5.55. The van der Waals surface area contributed by atoms with Crippen molar-refractivity contribution in [1.82, 2.24) is 4.98 Å². The van der Waals surface area contributed by atoms with Crippen LogP contribution in [0, 0.1) is 0 Å². The Hall–Kier alpha value is -1.37. The van der Waals surface area contributed by atoms with Gasteiger partial charge in [0, 0.05) is 38.7 Å². The Bertz CT molecular complexity index is 309. The highest BCUT2D eigenvalue weighted by molar-refractivity contribution is 5.51. The average Bonchev–Trinajstić information content (AvgIpc) is 2.34. The molecule has 1 aromatic heterocycles. The van der Waals surface area contributed by atoms with Crippen LogP contribution >= 0.6 is 0 Å². The highest BCUT2D eigenvalue weighted by Gasteiger charge is 2.06. The molecule has 1 heterocycles. The van der Waals surface area contributed by atoms with Gasteiger partial charge in [0.1, 0.15) is 5.82 Å². The molecule has 90 valence electrons. The van der Waals surface area contributed by atoms with Crippen LogP contribution < -0.4 is 16.6 Å². The Labute approximate surface area is 95.1 Å². The summed E-state index contributed by atoms with van der Waals surface area (Å²) in [6.07, 6.45) is 1.70. The zero-order valence-corrected chi connectivity index (χ0v) is 9.56. The zero-order chi connectivity index (χ0) is 11.8. The third-order valence-electron chi connectivity index (χ3n) is 2.13. The number of ether oxygens (including phenoxy) is 2. The maximum absolute atomic E-state index is 5.26. The maximum atomic E-state index is 5.26. The van der Waals surface area contributed by atoms with E-state index in [9.17, 15) is 0 Å². The lowest BCUT2D eigenvalue weighted by Crippen LogP contribution is -2.26. The summed E-state index contributed by atoms with van der Waals surface area (Å²) in [4.78, 5) is 4.01. The summed E-state index contributed by atoms with van der Waals surface area (Å²) in [5.41, 5.74) is 3.42. The number of nitrogens with two attached hydrogens (primary N) is 1. The second-order valence-electron chi connectivity index (χ2n) is 3.27. The molecule has 0 aliphatic heterocycles. The molecule has 6 heteroatoms. The van der Waals surface area contributed by atoms with Crippen LogP contribution in [0.5, 0.6) is 0 Å². The van der Waals surface area contributed by atoms with Crippen molar-refractivity contribution >= 4 is 11.5 Å². The summed E-state index contributed by atoms with van der Waals surface area (Å²) in [5.74, 6) is 5.88. The molecular formula is C10H18N4O2. The van der Waals surface area contributed by atoms with Crippen molar-refractivity contribution in [1.29, 1.82) is 0 Å². The summed E-state index contributed by atoms with van der Waals surface area (Å²) >= 11 is 0. The number of pyridine rings is 1. The number of nitrogen functional groups attached to an aromatic ring is 1. The van der Waals surface area contributed by atoms with Crippen LogP contribution in [-0.2, 0) is 9.47 Å². The van der Waals surface area contributed by atoms with Gasteiger partial charge in [0.25, 0.3) is 0 Å². The predicted molar refractivity (Wildman–Crippen MR) is 63.2 cm³/mol. The monoisotopic (exact) mass is 226 g/mol. The Morgan fingerprint density at radius 3 is 2.94 bits per heavy atom. The number of hydrazine groups is 1. The molecule has 0 saturated carbocycles. The fraction of sp³-hybridized carbons (Fsp3) is 0.500. The largest absolute Gasteiger partial charge is 0.382 e. The smallest absolute Gasteiger partial charge is 0.141 e. The van der Waals surface area contributed by atoms with Crippen molar-refractivity contribution in [2.24, 2.45) is 5.84 Å². The van der Waals surface area contributed by atoms with Crippen molar-refractivity contribution < 1.29 is 9.47 Å². The fourth-order valence-electron chi connectivity index (χ4n) is 1.25. The van der Waals surface area contributed by atoms with Crippen molar-refractivity contribution in [3.8, 4) is 0 Å². The van der Waals surface area contributed by atoms with Crippen LogP contribution in [0.25, 0.3) is 0 Å². The summed E-state index contributed by atoms with van der Waals surface area (Å²) in [7, 11) is 3.31. The second-order valence-corrected chi connectivity index (χ2v) is 3.27. The topological polar surface area (TPSA) is 81.4 Å². The molecule has 1 aromatic rings. The Morgan fingerprint density at radius 2 is 2.31 bits per heavy atom. The zero-order valence-electron chi connectivity index (χ0n) is 9.56. The normalized spacial score (nSPS) is 12.2. The molecule has 0 saturated heterocycles. The van der Waals surface area contributed by atoms with Gasteiger partial charge in [-0.15, -0.1) is 0 Å². The second kappa shape index (κ2) is 7.00. The summed E-state index contributed by atoms with van der Waals surface area (Å²) in [6, 6.07) is 3.68. The average molecular weight is 226 g/mol. The van der Waals surface area contributed by atoms with Crippen LogP contribution in [0.3, 0.4) is 0 Å². The molecule has 0 radical (unpaired) electrons. The first-order valence-electron chi connectivity index (χ1n) is 4.98. The van der Waals surface area contributed by atoms with Gasteiger partial charge in [-0.05, 0) is 6.07 Å². The molecule has 1 atom stereocenters.